The molecule has 0 saturated heterocycles. The van der Waals surface area contributed by atoms with Gasteiger partial charge in [0.1, 0.15) is 13.2 Å². The molecule has 0 amide bonds. The molecule has 0 aromatic heterocycles. The first-order valence-electron chi connectivity index (χ1n) is 26.2. The lowest BCUT2D eigenvalue weighted by atomic mass is 10.1. The molecule has 1 unspecified atom stereocenters. The Morgan fingerprint density at radius 1 is 0.313 bits per heavy atom. The third-order valence-corrected chi connectivity index (χ3v) is 10.3. The highest BCUT2D eigenvalue weighted by Gasteiger charge is 2.19. The highest BCUT2D eigenvalue weighted by molar-refractivity contribution is 5.71. The molecule has 0 fully saturated rings. The molecule has 0 aliphatic carbocycles. The maximum Gasteiger partial charge on any atom is 0.306 e. The third kappa shape index (κ3) is 51.9. The van der Waals surface area contributed by atoms with Crippen molar-refractivity contribution in [1.29, 1.82) is 0 Å². The summed E-state index contributed by atoms with van der Waals surface area (Å²) in [7, 11) is 0. The number of unbranched alkanes of at least 4 members (excludes halogenated alkanes) is 17. The van der Waals surface area contributed by atoms with Crippen molar-refractivity contribution in [2.45, 2.75) is 194 Å². The van der Waals surface area contributed by atoms with Crippen molar-refractivity contribution in [2.24, 2.45) is 0 Å². The zero-order valence-corrected chi connectivity index (χ0v) is 42.3. The lowest BCUT2D eigenvalue weighted by Crippen LogP contribution is -2.30. The van der Waals surface area contributed by atoms with E-state index in [-0.39, 0.29) is 37.5 Å². The molecule has 0 spiro atoms. The highest BCUT2D eigenvalue weighted by Crippen LogP contribution is 2.13. The zero-order valence-electron chi connectivity index (χ0n) is 42.3. The van der Waals surface area contributed by atoms with Crippen molar-refractivity contribution in [1.82, 2.24) is 0 Å². The molecule has 1 atom stereocenters. The molecule has 0 aliphatic rings. The Bertz CT molecular complexity index is 1570. The minimum absolute atomic E-state index is 0.116. The van der Waals surface area contributed by atoms with E-state index >= 15 is 0 Å². The van der Waals surface area contributed by atoms with Crippen molar-refractivity contribution in [2.75, 3.05) is 13.2 Å². The molecule has 372 valence electrons. The average molecular weight is 921 g/mol. The number of ether oxygens (including phenoxy) is 3. The van der Waals surface area contributed by atoms with Crippen LogP contribution >= 0.6 is 0 Å². The summed E-state index contributed by atoms with van der Waals surface area (Å²) in [6, 6.07) is 0. The minimum atomic E-state index is -0.819. The molecular weight excluding hydrogens is 829 g/mol. The van der Waals surface area contributed by atoms with Gasteiger partial charge in [0.2, 0.25) is 0 Å². The summed E-state index contributed by atoms with van der Waals surface area (Å²) in [5.41, 5.74) is 0. The lowest BCUT2D eigenvalue weighted by molar-refractivity contribution is -0.167. The summed E-state index contributed by atoms with van der Waals surface area (Å²) in [4.78, 5) is 38.0. The highest BCUT2D eigenvalue weighted by atomic mass is 16.6. The number of rotatable bonds is 44. The quantitative estimate of drug-likeness (QED) is 0.0262. The Morgan fingerprint density at radius 3 is 0.910 bits per heavy atom. The first-order valence-corrected chi connectivity index (χ1v) is 26.2. The third-order valence-electron chi connectivity index (χ3n) is 10.3. The van der Waals surface area contributed by atoms with E-state index in [1.54, 1.807) is 0 Å². The Labute approximate surface area is 409 Å². The van der Waals surface area contributed by atoms with Crippen LogP contribution in [0.2, 0.25) is 0 Å². The van der Waals surface area contributed by atoms with Gasteiger partial charge >= 0.3 is 17.9 Å². The monoisotopic (exact) mass is 921 g/mol. The van der Waals surface area contributed by atoms with Gasteiger partial charge in [-0.1, -0.05) is 249 Å². The van der Waals surface area contributed by atoms with Gasteiger partial charge in [-0.25, -0.2) is 0 Å². The molecule has 0 aliphatic heterocycles. The van der Waals surface area contributed by atoms with Crippen molar-refractivity contribution in [3.8, 4) is 0 Å². The largest absolute Gasteiger partial charge is 0.462 e. The Balaban J connectivity index is 4.57. The van der Waals surface area contributed by atoms with E-state index in [2.05, 4.69) is 99.8 Å². The van der Waals surface area contributed by atoms with Crippen molar-refractivity contribution in [3.63, 3.8) is 0 Å². The second-order valence-electron chi connectivity index (χ2n) is 16.6. The number of carbonyl (C=O) groups excluding carboxylic acids is 3. The predicted octanol–water partition coefficient (Wildman–Crippen LogP) is 17.4. The van der Waals surface area contributed by atoms with Gasteiger partial charge in [-0.15, -0.1) is 0 Å². The van der Waals surface area contributed by atoms with Crippen LogP contribution in [0.15, 0.2) is 158 Å². The van der Waals surface area contributed by atoms with Crippen LogP contribution in [0.25, 0.3) is 0 Å². The topological polar surface area (TPSA) is 78.9 Å². The van der Waals surface area contributed by atoms with E-state index in [0.29, 0.717) is 12.8 Å². The maximum absolute atomic E-state index is 12.8. The summed E-state index contributed by atoms with van der Waals surface area (Å²) < 4.78 is 16.8. The molecule has 0 aromatic rings. The number of allylic oxidation sites excluding steroid dienone is 26. The fraction of sp³-hybridized carbons (Fsp3) is 0.525. The number of hydrogen-bond donors (Lipinski definition) is 0. The predicted molar refractivity (Wildman–Crippen MR) is 288 cm³/mol. The molecule has 6 nitrogen and oxygen atoms in total. The van der Waals surface area contributed by atoms with Gasteiger partial charge in [-0.2, -0.15) is 0 Å². The number of hydrogen-bond acceptors (Lipinski definition) is 6. The molecule has 0 rings (SSSR count). The average Bonchev–Trinajstić information content (AvgIpc) is 3.33. The second kappa shape index (κ2) is 53.6. The van der Waals surface area contributed by atoms with Crippen LogP contribution in [-0.4, -0.2) is 37.2 Å². The normalized spacial score (nSPS) is 13.4. The molecule has 0 bridgehead atoms. The fourth-order valence-corrected chi connectivity index (χ4v) is 6.38. The molecular formula is C61H92O6. The van der Waals surface area contributed by atoms with Crippen LogP contribution in [-0.2, 0) is 28.6 Å². The van der Waals surface area contributed by atoms with Crippen molar-refractivity contribution >= 4 is 17.9 Å². The minimum Gasteiger partial charge on any atom is -0.462 e. The number of esters is 3. The van der Waals surface area contributed by atoms with Crippen LogP contribution in [0, 0.1) is 0 Å². The van der Waals surface area contributed by atoms with Crippen LogP contribution in [0.5, 0.6) is 0 Å². The SMILES string of the molecule is CC\C=C/C=C\C=C/CCCCCCCC(=O)OCC(COC(=O)CCCCCCC\C=C/C=C\C=C/C=C\C=C/CCC)OC(=O)CCCCCCC\C=C/C=C\C=C/C=C\C=C/CCC. The lowest BCUT2D eigenvalue weighted by Gasteiger charge is -2.18. The summed E-state index contributed by atoms with van der Waals surface area (Å²) in [6.45, 7) is 6.24. The molecule has 6 heteroatoms. The van der Waals surface area contributed by atoms with Crippen molar-refractivity contribution < 1.29 is 28.6 Å². The van der Waals surface area contributed by atoms with Crippen LogP contribution in [0.1, 0.15) is 188 Å². The Morgan fingerprint density at radius 2 is 0.582 bits per heavy atom. The maximum atomic E-state index is 12.8. The Kier molecular flexibility index (Phi) is 49.7. The van der Waals surface area contributed by atoms with Gasteiger partial charge in [0.15, 0.2) is 6.10 Å². The summed E-state index contributed by atoms with van der Waals surface area (Å²) >= 11 is 0. The van der Waals surface area contributed by atoms with Crippen molar-refractivity contribution in [3.05, 3.63) is 158 Å². The Hall–Kier alpha value is -4.97. The van der Waals surface area contributed by atoms with E-state index in [1.165, 1.54) is 12.8 Å². The second-order valence-corrected chi connectivity index (χ2v) is 16.6. The van der Waals surface area contributed by atoms with Gasteiger partial charge in [-0.05, 0) is 77.0 Å². The van der Waals surface area contributed by atoms with Gasteiger partial charge in [0.05, 0.1) is 0 Å². The van der Waals surface area contributed by atoms with Crippen LogP contribution in [0.3, 0.4) is 0 Å². The molecule has 0 radical (unpaired) electrons. The fourth-order valence-electron chi connectivity index (χ4n) is 6.38. The number of carbonyl (C=O) groups is 3. The first kappa shape index (κ1) is 62.0. The van der Waals surface area contributed by atoms with E-state index in [4.69, 9.17) is 14.2 Å². The standard InChI is InChI=1S/C61H92O6/c1-4-7-10-13-16-19-22-25-27-29-31-33-36-39-42-45-48-51-54-60(63)66-57-58(56-65-59(62)53-50-47-44-41-38-35-24-21-18-15-12-9-6-3)67-61(64)55-52-49-46-43-40-37-34-32-30-28-26-23-20-17-14-11-8-5-2/h9-34,58H,4-8,35-57H2,1-3H3/b12-9-,13-10-,14-11-,18-15-,19-16-,20-17-,24-21-,25-22-,26-23-,29-27-,30-28-,33-31-,34-32-. The van der Waals surface area contributed by atoms with Gasteiger partial charge < -0.3 is 14.2 Å². The van der Waals surface area contributed by atoms with Gasteiger partial charge in [-0.3, -0.25) is 14.4 Å². The summed E-state index contributed by atoms with van der Waals surface area (Å²) in [5, 5.41) is 0. The molecule has 0 heterocycles. The van der Waals surface area contributed by atoms with E-state index in [1.807, 2.05) is 79.0 Å². The van der Waals surface area contributed by atoms with E-state index in [0.717, 1.165) is 135 Å². The summed E-state index contributed by atoms with van der Waals surface area (Å²) in [5.74, 6) is -0.999. The molecule has 0 aromatic carbocycles. The van der Waals surface area contributed by atoms with Crippen LogP contribution in [0.4, 0.5) is 0 Å². The molecule has 0 saturated carbocycles. The van der Waals surface area contributed by atoms with Crippen LogP contribution < -0.4 is 0 Å². The van der Waals surface area contributed by atoms with Gasteiger partial charge in [0, 0.05) is 19.3 Å². The van der Waals surface area contributed by atoms with E-state index in [9.17, 15) is 14.4 Å². The zero-order chi connectivity index (χ0) is 48.6. The molecule has 67 heavy (non-hydrogen) atoms. The summed E-state index contributed by atoms with van der Waals surface area (Å²) in [6.07, 6.45) is 77.8. The van der Waals surface area contributed by atoms with E-state index < -0.39 is 6.10 Å². The smallest absolute Gasteiger partial charge is 0.306 e. The first-order chi connectivity index (χ1) is 33.0. The van der Waals surface area contributed by atoms with Gasteiger partial charge in [0.25, 0.3) is 0 Å². The molecule has 0 N–H and O–H groups in total.